The van der Waals surface area contributed by atoms with Gasteiger partial charge in [-0.3, -0.25) is 0 Å². The molecular formula is C19H24N2OS. The van der Waals surface area contributed by atoms with Crippen LogP contribution in [-0.2, 0) is 0 Å². The standard InChI is InChI=1S/C19H24N2OS/c1-4-18(17-9-7-6-8-14(17)3)21-19(23)20-15-10-12-16(13-11-15)22-5-2/h6-13,18H,4-5H2,1-3H3,(H2,20,21,23)/t18-/m1/s1. The van der Waals surface area contributed by atoms with Gasteiger partial charge in [0.1, 0.15) is 5.75 Å². The van der Waals surface area contributed by atoms with Crippen molar-refractivity contribution in [3.63, 3.8) is 0 Å². The minimum absolute atomic E-state index is 0.207. The highest BCUT2D eigenvalue weighted by Crippen LogP contribution is 2.21. The summed E-state index contributed by atoms with van der Waals surface area (Å²) < 4.78 is 5.44. The van der Waals surface area contributed by atoms with Gasteiger partial charge in [-0.2, -0.15) is 0 Å². The van der Waals surface area contributed by atoms with Gasteiger partial charge in [-0.05, 0) is 67.9 Å². The monoisotopic (exact) mass is 328 g/mol. The molecule has 0 heterocycles. The molecule has 0 amide bonds. The topological polar surface area (TPSA) is 33.3 Å². The Kier molecular flexibility index (Phi) is 6.41. The molecule has 2 N–H and O–H groups in total. The Morgan fingerprint density at radius 2 is 1.78 bits per heavy atom. The lowest BCUT2D eigenvalue weighted by atomic mass is 10.00. The number of benzene rings is 2. The number of hydrogen-bond donors (Lipinski definition) is 2. The van der Waals surface area contributed by atoms with Crippen molar-refractivity contribution in [2.75, 3.05) is 11.9 Å². The normalized spacial score (nSPS) is 11.6. The summed E-state index contributed by atoms with van der Waals surface area (Å²) in [5.74, 6) is 0.864. The molecule has 0 aromatic heterocycles. The van der Waals surface area contributed by atoms with Gasteiger partial charge in [-0.15, -0.1) is 0 Å². The molecule has 0 aliphatic rings. The summed E-state index contributed by atoms with van der Waals surface area (Å²) in [5, 5.41) is 7.26. The lowest BCUT2D eigenvalue weighted by molar-refractivity contribution is 0.340. The second-order valence-electron chi connectivity index (χ2n) is 5.37. The predicted molar refractivity (Wildman–Crippen MR) is 101 cm³/mol. The molecule has 0 fully saturated rings. The van der Waals surface area contributed by atoms with Gasteiger partial charge in [-0.1, -0.05) is 31.2 Å². The van der Waals surface area contributed by atoms with Crippen molar-refractivity contribution in [3.05, 3.63) is 59.7 Å². The van der Waals surface area contributed by atoms with Gasteiger partial charge >= 0.3 is 0 Å². The second-order valence-corrected chi connectivity index (χ2v) is 5.78. The van der Waals surface area contributed by atoms with E-state index in [1.165, 1.54) is 11.1 Å². The Balaban J connectivity index is 1.99. The number of nitrogens with one attached hydrogen (secondary N) is 2. The summed E-state index contributed by atoms with van der Waals surface area (Å²) in [6.07, 6.45) is 0.968. The first-order valence-electron chi connectivity index (χ1n) is 8.00. The average Bonchev–Trinajstić information content (AvgIpc) is 2.55. The molecule has 2 rings (SSSR count). The zero-order valence-corrected chi connectivity index (χ0v) is 14.7. The van der Waals surface area contributed by atoms with Crippen LogP contribution in [0.1, 0.15) is 37.4 Å². The van der Waals surface area contributed by atoms with Crippen LogP contribution in [0.5, 0.6) is 5.75 Å². The van der Waals surface area contributed by atoms with E-state index in [1.54, 1.807) is 0 Å². The third kappa shape index (κ3) is 4.96. The van der Waals surface area contributed by atoms with Crippen molar-refractivity contribution in [3.8, 4) is 5.75 Å². The largest absolute Gasteiger partial charge is 0.494 e. The van der Waals surface area contributed by atoms with E-state index in [0.717, 1.165) is 17.9 Å². The van der Waals surface area contributed by atoms with Crippen LogP contribution in [0.3, 0.4) is 0 Å². The Morgan fingerprint density at radius 1 is 1.09 bits per heavy atom. The maximum atomic E-state index is 5.45. The Hall–Kier alpha value is -2.07. The van der Waals surface area contributed by atoms with E-state index in [0.29, 0.717) is 11.7 Å². The Bertz CT molecular complexity index is 640. The molecule has 1 atom stereocenters. The van der Waals surface area contributed by atoms with E-state index in [1.807, 2.05) is 31.2 Å². The van der Waals surface area contributed by atoms with Gasteiger partial charge in [0, 0.05) is 5.69 Å². The summed E-state index contributed by atoms with van der Waals surface area (Å²) in [4.78, 5) is 0. The fourth-order valence-corrected chi connectivity index (χ4v) is 2.76. The third-order valence-corrected chi connectivity index (χ3v) is 3.92. The van der Waals surface area contributed by atoms with E-state index < -0.39 is 0 Å². The van der Waals surface area contributed by atoms with Gasteiger partial charge in [0.25, 0.3) is 0 Å². The zero-order valence-electron chi connectivity index (χ0n) is 13.9. The molecule has 0 saturated heterocycles. The molecule has 2 aromatic rings. The molecule has 0 spiro atoms. The third-order valence-electron chi connectivity index (χ3n) is 3.70. The van der Waals surface area contributed by atoms with Crippen LogP contribution in [-0.4, -0.2) is 11.7 Å². The number of rotatable bonds is 6. The smallest absolute Gasteiger partial charge is 0.171 e. The molecule has 122 valence electrons. The molecule has 2 aromatic carbocycles. The molecule has 0 radical (unpaired) electrons. The SMILES string of the molecule is CCOc1ccc(NC(=S)N[C@H](CC)c2ccccc2C)cc1. The average molecular weight is 328 g/mol. The molecular weight excluding hydrogens is 304 g/mol. The van der Waals surface area contributed by atoms with Crippen molar-refractivity contribution in [1.29, 1.82) is 0 Å². The highest BCUT2D eigenvalue weighted by molar-refractivity contribution is 7.80. The minimum atomic E-state index is 0.207. The first-order chi connectivity index (χ1) is 11.1. The molecule has 0 aliphatic heterocycles. The summed E-state index contributed by atoms with van der Waals surface area (Å²) in [6.45, 7) is 6.93. The first-order valence-corrected chi connectivity index (χ1v) is 8.40. The number of aryl methyl sites for hydroxylation is 1. The molecule has 3 nitrogen and oxygen atoms in total. The highest BCUT2D eigenvalue weighted by Gasteiger charge is 2.12. The van der Waals surface area contributed by atoms with E-state index in [4.69, 9.17) is 17.0 Å². The molecule has 4 heteroatoms. The second kappa shape index (κ2) is 8.53. The van der Waals surface area contributed by atoms with E-state index in [9.17, 15) is 0 Å². The predicted octanol–water partition coefficient (Wildman–Crippen LogP) is 4.83. The fourth-order valence-electron chi connectivity index (χ4n) is 2.50. The van der Waals surface area contributed by atoms with Crippen molar-refractivity contribution in [2.24, 2.45) is 0 Å². The van der Waals surface area contributed by atoms with Gasteiger partial charge < -0.3 is 15.4 Å². The van der Waals surface area contributed by atoms with Crippen LogP contribution in [0.2, 0.25) is 0 Å². The zero-order chi connectivity index (χ0) is 16.7. The number of hydrogen-bond acceptors (Lipinski definition) is 2. The number of ether oxygens (including phenoxy) is 1. The molecule has 0 unspecified atom stereocenters. The lowest BCUT2D eigenvalue weighted by Gasteiger charge is -2.21. The Labute approximate surface area is 144 Å². The van der Waals surface area contributed by atoms with Crippen LogP contribution < -0.4 is 15.4 Å². The molecule has 0 aliphatic carbocycles. The summed E-state index contributed by atoms with van der Waals surface area (Å²) >= 11 is 5.45. The van der Waals surface area contributed by atoms with Gasteiger partial charge in [0.15, 0.2) is 5.11 Å². The number of anilines is 1. The molecule has 23 heavy (non-hydrogen) atoms. The first kappa shape index (κ1) is 17.3. The minimum Gasteiger partial charge on any atom is -0.494 e. The van der Waals surface area contributed by atoms with Crippen LogP contribution >= 0.6 is 12.2 Å². The lowest BCUT2D eigenvalue weighted by Crippen LogP contribution is -2.32. The van der Waals surface area contributed by atoms with Crippen LogP contribution in [0.4, 0.5) is 5.69 Å². The maximum Gasteiger partial charge on any atom is 0.171 e. The van der Waals surface area contributed by atoms with E-state index >= 15 is 0 Å². The van der Waals surface area contributed by atoms with Crippen molar-refractivity contribution < 1.29 is 4.74 Å². The summed E-state index contributed by atoms with van der Waals surface area (Å²) in [6, 6.07) is 16.4. The highest BCUT2D eigenvalue weighted by atomic mass is 32.1. The van der Waals surface area contributed by atoms with E-state index in [2.05, 4.69) is 48.7 Å². The van der Waals surface area contributed by atoms with Crippen molar-refractivity contribution in [1.82, 2.24) is 5.32 Å². The van der Waals surface area contributed by atoms with Gasteiger partial charge in [0.2, 0.25) is 0 Å². The van der Waals surface area contributed by atoms with E-state index in [-0.39, 0.29) is 6.04 Å². The van der Waals surface area contributed by atoms with Crippen LogP contribution in [0.15, 0.2) is 48.5 Å². The summed E-state index contributed by atoms with van der Waals surface area (Å²) in [5.41, 5.74) is 3.51. The molecule has 0 saturated carbocycles. The fraction of sp³-hybridized carbons (Fsp3) is 0.316. The van der Waals surface area contributed by atoms with Gasteiger partial charge in [-0.25, -0.2) is 0 Å². The molecule has 0 bridgehead atoms. The van der Waals surface area contributed by atoms with Crippen LogP contribution in [0.25, 0.3) is 0 Å². The maximum absolute atomic E-state index is 5.45. The summed E-state index contributed by atoms with van der Waals surface area (Å²) in [7, 11) is 0. The Morgan fingerprint density at radius 3 is 2.39 bits per heavy atom. The quantitative estimate of drug-likeness (QED) is 0.744. The van der Waals surface area contributed by atoms with Gasteiger partial charge in [0.05, 0.1) is 12.6 Å². The van der Waals surface area contributed by atoms with Crippen LogP contribution in [0, 0.1) is 6.92 Å². The number of thiocarbonyl (C=S) groups is 1. The van der Waals surface area contributed by atoms with Crippen molar-refractivity contribution >= 4 is 23.0 Å². The van der Waals surface area contributed by atoms with Crippen molar-refractivity contribution in [2.45, 2.75) is 33.2 Å².